The summed E-state index contributed by atoms with van der Waals surface area (Å²) in [6.07, 6.45) is 3.21. The number of carbonyl (C=O) groups excluding carboxylic acids is 1. The molecule has 0 unspecified atom stereocenters. The van der Waals surface area contributed by atoms with Gasteiger partial charge in [0.15, 0.2) is 0 Å². The second-order valence-corrected chi connectivity index (χ2v) is 2.16. The molecule has 0 saturated heterocycles. The summed E-state index contributed by atoms with van der Waals surface area (Å²) in [4.78, 5) is 9.72. The van der Waals surface area contributed by atoms with Gasteiger partial charge in [-0.3, -0.25) is 0 Å². The molecule has 0 aromatic rings. The average Bonchev–Trinajstić information content (AvgIpc) is 1.67. The molecule has 0 aromatic heterocycles. The van der Waals surface area contributed by atoms with Gasteiger partial charge in [0.1, 0.15) is 0 Å². The van der Waals surface area contributed by atoms with Crippen molar-refractivity contribution in [3.63, 3.8) is 0 Å². The zero-order valence-electron chi connectivity index (χ0n) is 5.56. The predicted octanol–water partition coefficient (Wildman–Crippen LogP) is 1.70. The molecule has 0 amide bonds. The largest absolute Gasteiger partial charge is 0.356 e. The van der Waals surface area contributed by atoms with E-state index in [1.807, 2.05) is 20.8 Å². The SMILES string of the molecule is C/C(=C\[C+]=O)C(C)C. The van der Waals surface area contributed by atoms with E-state index < -0.39 is 0 Å². The summed E-state index contributed by atoms with van der Waals surface area (Å²) in [7, 11) is 0. The number of rotatable bonds is 2. The summed E-state index contributed by atoms with van der Waals surface area (Å²) in [6, 6.07) is 0. The fourth-order valence-corrected chi connectivity index (χ4v) is 0.260. The molecule has 0 saturated carbocycles. The molecule has 0 bridgehead atoms. The van der Waals surface area contributed by atoms with Crippen molar-refractivity contribution in [2.24, 2.45) is 5.92 Å². The first-order valence-corrected chi connectivity index (χ1v) is 2.72. The fourth-order valence-electron chi connectivity index (χ4n) is 0.260. The molecular weight excluding hydrogens is 100 g/mol. The van der Waals surface area contributed by atoms with E-state index in [1.54, 1.807) is 6.29 Å². The van der Waals surface area contributed by atoms with Gasteiger partial charge in [-0.15, -0.1) is 0 Å². The van der Waals surface area contributed by atoms with E-state index in [0.29, 0.717) is 5.92 Å². The second-order valence-electron chi connectivity index (χ2n) is 2.16. The molecule has 0 radical (unpaired) electrons. The standard InChI is InChI=1S/C7H11O/c1-6(2)7(3)4-5-8/h4,6H,1-3H3/q+1/b7-4+. The van der Waals surface area contributed by atoms with E-state index >= 15 is 0 Å². The highest BCUT2D eigenvalue weighted by atomic mass is 16.1. The van der Waals surface area contributed by atoms with E-state index in [9.17, 15) is 4.79 Å². The summed E-state index contributed by atoms with van der Waals surface area (Å²) in [5, 5.41) is 0. The molecule has 0 heterocycles. The van der Waals surface area contributed by atoms with Crippen LogP contribution in [0.25, 0.3) is 0 Å². The minimum absolute atomic E-state index is 0.469. The molecule has 0 spiro atoms. The van der Waals surface area contributed by atoms with Gasteiger partial charge < -0.3 is 0 Å². The highest BCUT2D eigenvalue weighted by Crippen LogP contribution is 2.05. The Morgan fingerprint density at radius 3 is 2.25 bits per heavy atom. The Balaban J connectivity index is 3.78. The Morgan fingerprint density at radius 2 is 2.12 bits per heavy atom. The van der Waals surface area contributed by atoms with Crippen LogP contribution in [0.5, 0.6) is 0 Å². The number of hydrogen-bond acceptors (Lipinski definition) is 1. The van der Waals surface area contributed by atoms with Gasteiger partial charge in [-0.25, -0.2) is 0 Å². The minimum atomic E-state index is 0.469. The van der Waals surface area contributed by atoms with Crippen molar-refractivity contribution in [1.29, 1.82) is 0 Å². The van der Waals surface area contributed by atoms with Crippen LogP contribution in [0.4, 0.5) is 0 Å². The smallest absolute Gasteiger partial charge is 0.0969 e. The molecule has 8 heavy (non-hydrogen) atoms. The van der Waals surface area contributed by atoms with Gasteiger partial charge >= 0.3 is 6.29 Å². The Morgan fingerprint density at radius 1 is 1.62 bits per heavy atom. The molecule has 0 N–H and O–H groups in total. The minimum Gasteiger partial charge on any atom is -0.0969 e. The molecule has 0 aromatic carbocycles. The van der Waals surface area contributed by atoms with Crippen molar-refractivity contribution in [3.8, 4) is 0 Å². The quantitative estimate of drug-likeness (QED) is 0.391. The predicted molar refractivity (Wildman–Crippen MR) is 34.3 cm³/mol. The van der Waals surface area contributed by atoms with Gasteiger partial charge in [0.25, 0.3) is 0 Å². The summed E-state index contributed by atoms with van der Waals surface area (Å²) < 4.78 is 0. The maximum Gasteiger partial charge on any atom is 0.356 e. The second kappa shape index (κ2) is 3.34. The lowest BCUT2D eigenvalue weighted by Crippen LogP contribution is -1.87. The topological polar surface area (TPSA) is 17.1 Å². The van der Waals surface area contributed by atoms with E-state index in [0.717, 1.165) is 5.57 Å². The maximum atomic E-state index is 9.72. The number of hydrogen-bond donors (Lipinski definition) is 0. The van der Waals surface area contributed by atoms with Crippen LogP contribution in [-0.4, -0.2) is 6.29 Å². The van der Waals surface area contributed by atoms with Crippen LogP contribution in [0.1, 0.15) is 20.8 Å². The molecular formula is C7H11O+. The van der Waals surface area contributed by atoms with Crippen LogP contribution < -0.4 is 0 Å². The van der Waals surface area contributed by atoms with Crippen LogP contribution >= 0.6 is 0 Å². The fraction of sp³-hybridized carbons (Fsp3) is 0.571. The highest BCUT2D eigenvalue weighted by Gasteiger charge is 2.02. The van der Waals surface area contributed by atoms with E-state index in [2.05, 4.69) is 0 Å². The molecule has 0 aliphatic heterocycles. The molecule has 0 fully saturated rings. The Bertz CT molecular complexity index is 101. The molecule has 44 valence electrons. The zero-order valence-corrected chi connectivity index (χ0v) is 5.56. The molecule has 0 atom stereocenters. The lowest BCUT2D eigenvalue weighted by atomic mass is 10.1. The normalized spacial score (nSPS) is 11.8. The lowest BCUT2D eigenvalue weighted by molar-refractivity contribution is 0.563. The molecule has 0 aliphatic carbocycles. The molecule has 0 aliphatic rings. The lowest BCUT2D eigenvalue weighted by Gasteiger charge is -1.90. The third kappa shape index (κ3) is 2.49. The van der Waals surface area contributed by atoms with E-state index in [4.69, 9.17) is 0 Å². The van der Waals surface area contributed by atoms with Gasteiger partial charge in [-0.05, 0) is 13.8 Å². The van der Waals surface area contributed by atoms with Crippen molar-refractivity contribution in [1.82, 2.24) is 0 Å². The highest BCUT2D eigenvalue weighted by molar-refractivity contribution is 5.66. The third-order valence-corrected chi connectivity index (χ3v) is 1.20. The molecule has 1 nitrogen and oxygen atoms in total. The van der Waals surface area contributed by atoms with Gasteiger partial charge in [0, 0.05) is 12.8 Å². The summed E-state index contributed by atoms with van der Waals surface area (Å²) >= 11 is 0. The van der Waals surface area contributed by atoms with Gasteiger partial charge in [0.2, 0.25) is 6.08 Å². The van der Waals surface area contributed by atoms with Crippen LogP contribution in [0.2, 0.25) is 0 Å². The van der Waals surface area contributed by atoms with Crippen LogP contribution in [0.3, 0.4) is 0 Å². The maximum absolute atomic E-state index is 9.72. The first kappa shape index (κ1) is 7.32. The average molecular weight is 111 g/mol. The van der Waals surface area contributed by atoms with Gasteiger partial charge in [0.05, 0.1) is 5.57 Å². The Labute approximate surface area is 50.4 Å². The van der Waals surface area contributed by atoms with Gasteiger partial charge in [-0.1, -0.05) is 4.79 Å². The Kier molecular flexibility index (Phi) is 3.05. The Hall–Kier alpha value is -0.680. The summed E-state index contributed by atoms with van der Waals surface area (Å²) in [6.45, 7) is 6.02. The van der Waals surface area contributed by atoms with Crippen molar-refractivity contribution in [3.05, 3.63) is 11.6 Å². The first-order chi connectivity index (χ1) is 3.68. The van der Waals surface area contributed by atoms with Crippen molar-refractivity contribution < 1.29 is 4.79 Å². The molecule has 1 heteroatoms. The van der Waals surface area contributed by atoms with Crippen molar-refractivity contribution >= 4 is 6.29 Å². The van der Waals surface area contributed by atoms with E-state index in [-0.39, 0.29) is 0 Å². The monoisotopic (exact) mass is 111 g/mol. The molecule has 0 rings (SSSR count). The summed E-state index contributed by atoms with van der Waals surface area (Å²) in [5.74, 6) is 0.469. The van der Waals surface area contributed by atoms with Crippen molar-refractivity contribution in [2.75, 3.05) is 0 Å². The summed E-state index contributed by atoms with van der Waals surface area (Å²) in [5.41, 5.74) is 1.08. The first-order valence-electron chi connectivity index (χ1n) is 2.72. The van der Waals surface area contributed by atoms with Crippen LogP contribution in [0, 0.1) is 5.92 Å². The van der Waals surface area contributed by atoms with Gasteiger partial charge in [-0.2, -0.15) is 0 Å². The number of allylic oxidation sites excluding steroid dienone is 2. The third-order valence-electron chi connectivity index (χ3n) is 1.20. The van der Waals surface area contributed by atoms with E-state index in [1.165, 1.54) is 6.08 Å². The van der Waals surface area contributed by atoms with Crippen LogP contribution in [0.15, 0.2) is 11.6 Å². The van der Waals surface area contributed by atoms with Crippen molar-refractivity contribution in [2.45, 2.75) is 20.8 Å². The zero-order chi connectivity index (χ0) is 6.57. The van der Waals surface area contributed by atoms with Crippen LogP contribution in [-0.2, 0) is 4.79 Å².